The Hall–Kier alpha value is -0.720. The van der Waals surface area contributed by atoms with Gasteiger partial charge in [0.05, 0.1) is 6.10 Å². The lowest BCUT2D eigenvalue weighted by molar-refractivity contribution is 0.0790. The summed E-state index contributed by atoms with van der Waals surface area (Å²) in [6.07, 6.45) is 2.72. The second kappa shape index (κ2) is 4.87. The summed E-state index contributed by atoms with van der Waals surface area (Å²) in [4.78, 5) is 2.18. The molecular formula is C9H16N4OS. The molecule has 0 bridgehead atoms. The zero-order valence-corrected chi connectivity index (χ0v) is 9.66. The summed E-state index contributed by atoms with van der Waals surface area (Å²) in [5.74, 6) is 0. The van der Waals surface area contributed by atoms with Crippen molar-refractivity contribution in [1.29, 1.82) is 0 Å². The van der Waals surface area contributed by atoms with Crippen LogP contribution in [0.15, 0.2) is 0 Å². The van der Waals surface area contributed by atoms with E-state index in [1.165, 1.54) is 18.0 Å². The second-order valence-electron chi connectivity index (χ2n) is 3.92. The van der Waals surface area contributed by atoms with E-state index in [-0.39, 0.29) is 0 Å². The molecule has 1 fully saturated rings. The van der Waals surface area contributed by atoms with Crippen LogP contribution in [0.25, 0.3) is 0 Å². The molecule has 1 aromatic heterocycles. The van der Waals surface area contributed by atoms with Crippen LogP contribution < -0.4 is 5.73 Å². The first-order valence-corrected chi connectivity index (χ1v) is 5.90. The highest BCUT2D eigenvalue weighted by atomic mass is 32.1. The second-order valence-corrected chi connectivity index (χ2v) is 4.70. The quantitative estimate of drug-likeness (QED) is 0.823. The van der Waals surface area contributed by atoms with Gasteiger partial charge in [0.1, 0.15) is 10.7 Å². The fourth-order valence-corrected chi connectivity index (χ4v) is 2.22. The summed E-state index contributed by atoms with van der Waals surface area (Å²) in [5.41, 5.74) is 6.61. The van der Waals surface area contributed by atoms with Crippen molar-refractivity contribution in [1.82, 2.24) is 14.5 Å². The summed E-state index contributed by atoms with van der Waals surface area (Å²) >= 11 is 1.25. The van der Waals surface area contributed by atoms with Crippen LogP contribution in [0.5, 0.6) is 0 Å². The van der Waals surface area contributed by atoms with E-state index in [4.69, 9.17) is 10.5 Å². The first kappa shape index (κ1) is 10.8. The van der Waals surface area contributed by atoms with Crippen LogP contribution in [-0.4, -0.2) is 40.8 Å². The molecule has 2 N–H and O–H groups in total. The average molecular weight is 228 g/mol. The van der Waals surface area contributed by atoms with E-state index in [9.17, 15) is 0 Å². The molecule has 1 aromatic rings. The topological polar surface area (TPSA) is 64.3 Å². The summed E-state index contributed by atoms with van der Waals surface area (Å²) < 4.78 is 9.38. The summed E-state index contributed by atoms with van der Waals surface area (Å²) in [5, 5.41) is 4.71. The molecule has 2 heterocycles. The highest BCUT2D eigenvalue weighted by Crippen LogP contribution is 2.16. The number of ether oxygens (including phenoxy) is 1. The predicted molar refractivity (Wildman–Crippen MR) is 59.6 cm³/mol. The molecule has 2 rings (SSSR count). The molecule has 15 heavy (non-hydrogen) atoms. The molecule has 1 aliphatic rings. The molecular weight excluding hydrogens is 212 g/mol. The van der Waals surface area contributed by atoms with Gasteiger partial charge in [-0.3, -0.25) is 4.90 Å². The Balaban J connectivity index is 1.81. The van der Waals surface area contributed by atoms with Crippen molar-refractivity contribution in [3.05, 3.63) is 5.69 Å². The van der Waals surface area contributed by atoms with Crippen LogP contribution in [0.3, 0.4) is 0 Å². The molecule has 0 aromatic carbocycles. The monoisotopic (exact) mass is 228 g/mol. The summed E-state index contributed by atoms with van der Waals surface area (Å²) in [6, 6.07) is 0. The molecule has 0 saturated carbocycles. The van der Waals surface area contributed by atoms with Crippen LogP contribution in [0.4, 0.5) is 5.00 Å². The van der Waals surface area contributed by atoms with Gasteiger partial charge in [0.25, 0.3) is 0 Å². The molecule has 84 valence electrons. The molecule has 1 atom stereocenters. The Morgan fingerprint density at radius 3 is 3.13 bits per heavy atom. The van der Waals surface area contributed by atoms with Gasteiger partial charge in [0, 0.05) is 31.2 Å². The largest absolute Gasteiger partial charge is 0.388 e. The third-order valence-corrected chi connectivity index (χ3v) is 3.14. The van der Waals surface area contributed by atoms with Crippen molar-refractivity contribution in [2.75, 3.05) is 25.9 Å². The maximum Gasteiger partial charge on any atom is 0.132 e. The third-order valence-electron chi connectivity index (χ3n) is 2.54. The molecule has 1 saturated heterocycles. The standard InChI is InChI=1S/C9H16N4OS/c1-13(5-7-3-2-4-14-7)6-8-9(10)15-12-11-8/h7H,2-6,10H2,1H3. The fourth-order valence-electron chi connectivity index (χ4n) is 1.78. The van der Waals surface area contributed by atoms with Crippen LogP contribution in [-0.2, 0) is 11.3 Å². The highest BCUT2D eigenvalue weighted by Gasteiger charge is 2.18. The van der Waals surface area contributed by atoms with Crippen LogP contribution in [0, 0.1) is 0 Å². The maximum absolute atomic E-state index is 5.73. The molecule has 5 nitrogen and oxygen atoms in total. The van der Waals surface area contributed by atoms with Crippen molar-refractivity contribution in [2.24, 2.45) is 0 Å². The predicted octanol–water partition coefficient (Wildman–Crippen LogP) is 0.731. The minimum Gasteiger partial charge on any atom is -0.388 e. The number of rotatable bonds is 4. The Morgan fingerprint density at radius 1 is 1.67 bits per heavy atom. The SMILES string of the molecule is CN(Cc1nnsc1N)CC1CCCO1. The van der Waals surface area contributed by atoms with Gasteiger partial charge in [-0.25, -0.2) is 0 Å². The van der Waals surface area contributed by atoms with E-state index in [1.807, 2.05) is 0 Å². The van der Waals surface area contributed by atoms with E-state index in [2.05, 4.69) is 21.5 Å². The molecule has 1 unspecified atom stereocenters. The van der Waals surface area contributed by atoms with Gasteiger partial charge in [-0.2, -0.15) is 0 Å². The van der Waals surface area contributed by atoms with Gasteiger partial charge in [0.15, 0.2) is 0 Å². The van der Waals surface area contributed by atoms with Crippen molar-refractivity contribution in [3.63, 3.8) is 0 Å². The van der Waals surface area contributed by atoms with Gasteiger partial charge in [-0.05, 0) is 19.9 Å². The Kier molecular flexibility index (Phi) is 3.50. The van der Waals surface area contributed by atoms with Gasteiger partial charge >= 0.3 is 0 Å². The Bertz CT molecular complexity index is 311. The smallest absolute Gasteiger partial charge is 0.132 e. The lowest BCUT2D eigenvalue weighted by Crippen LogP contribution is -2.28. The average Bonchev–Trinajstić information content (AvgIpc) is 2.79. The third kappa shape index (κ3) is 2.87. The first-order chi connectivity index (χ1) is 7.25. The number of anilines is 1. The molecule has 0 spiro atoms. The lowest BCUT2D eigenvalue weighted by atomic mass is 10.2. The minimum atomic E-state index is 0.378. The van der Waals surface area contributed by atoms with Gasteiger partial charge in [-0.15, -0.1) is 5.10 Å². The van der Waals surface area contributed by atoms with E-state index in [0.717, 1.165) is 31.8 Å². The zero-order chi connectivity index (χ0) is 10.7. The van der Waals surface area contributed by atoms with E-state index in [0.29, 0.717) is 11.1 Å². The van der Waals surface area contributed by atoms with Crippen LogP contribution in [0.2, 0.25) is 0 Å². The number of nitrogens with zero attached hydrogens (tertiary/aromatic N) is 3. The summed E-state index contributed by atoms with van der Waals surface area (Å²) in [6.45, 7) is 2.60. The lowest BCUT2D eigenvalue weighted by Gasteiger charge is -2.19. The van der Waals surface area contributed by atoms with Gasteiger partial charge in [-0.1, -0.05) is 4.49 Å². The number of hydrogen-bond donors (Lipinski definition) is 1. The first-order valence-electron chi connectivity index (χ1n) is 5.12. The summed E-state index contributed by atoms with van der Waals surface area (Å²) in [7, 11) is 2.06. The van der Waals surface area contributed by atoms with E-state index >= 15 is 0 Å². The molecule has 0 amide bonds. The Labute approximate surface area is 93.4 Å². The molecule has 1 aliphatic heterocycles. The molecule has 6 heteroatoms. The van der Waals surface area contributed by atoms with Crippen LogP contribution >= 0.6 is 11.5 Å². The molecule has 0 aliphatic carbocycles. The number of aromatic nitrogens is 2. The number of hydrogen-bond acceptors (Lipinski definition) is 6. The normalized spacial score (nSPS) is 21.3. The van der Waals surface area contributed by atoms with E-state index < -0.39 is 0 Å². The minimum absolute atomic E-state index is 0.378. The number of likely N-dealkylation sites (N-methyl/N-ethyl adjacent to an activating group) is 1. The number of nitrogen functional groups attached to an aromatic ring is 1. The number of nitrogens with two attached hydrogens (primary N) is 1. The zero-order valence-electron chi connectivity index (χ0n) is 8.85. The Morgan fingerprint density at radius 2 is 2.53 bits per heavy atom. The van der Waals surface area contributed by atoms with Gasteiger partial charge < -0.3 is 10.5 Å². The molecule has 0 radical (unpaired) electrons. The van der Waals surface area contributed by atoms with Crippen molar-refractivity contribution >= 4 is 16.5 Å². The van der Waals surface area contributed by atoms with Gasteiger partial charge in [0.2, 0.25) is 0 Å². The highest BCUT2D eigenvalue weighted by molar-refractivity contribution is 7.09. The van der Waals surface area contributed by atoms with Crippen molar-refractivity contribution in [3.8, 4) is 0 Å². The maximum atomic E-state index is 5.73. The fraction of sp³-hybridized carbons (Fsp3) is 0.778. The van der Waals surface area contributed by atoms with Crippen molar-refractivity contribution < 1.29 is 4.74 Å². The van der Waals surface area contributed by atoms with Crippen LogP contribution in [0.1, 0.15) is 18.5 Å². The van der Waals surface area contributed by atoms with E-state index in [1.54, 1.807) is 0 Å². The van der Waals surface area contributed by atoms with Crippen molar-refractivity contribution in [2.45, 2.75) is 25.5 Å².